The molecule has 0 aromatic heterocycles. The summed E-state index contributed by atoms with van der Waals surface area (Å²) < 4.78 is 10.6. The van der Waals surface area contributed by atoms with Crippen LogP contribution in [0.1, 0.15) is 37.8 Å². The van der Waals surface area contributed by atoms with E-state index in [1.165, 1.54) is 7.11 Å². The highest BCUT2D eigenvalue weighted by atomic mass is 16.5. The van der Waals surface area contributed by atoms with Gasteiger partial charge in [0, 0.05) is 25.2 Å². The Morgan fingerprint density at radius 1 is 0.759 bits per heavy atom. The molecule has 0 aliphatic carbocycles. The lowest BCUT2D eigenvalue weighted by molar-refractivity contribution is -0.142. The van der Waals surface area contributed by atoms with E-state index in [0.29, 0.717) is 49.0 Å². The second kappa shape index (κ2) is 20.3. The van der Waals surface area contributed by atoms with E-state index in [2.05, 4.69) is 26.6 Å². The number of amides is 6. The average molecular weight is 745 g/mol. The third-order valence-electron chi connectivity index (χ3n) is 8.52. The first kappa shape index (κ1) is 40.8. The second-order valence-electron chi connectivity index (χ2n) is 13.3. The molecule has 0 radical (unpaired) electrons. The number of hydrogen-bond acceptors (Lipinski definition) is 8. The summed E-state index contributed by atoms with van der Waals surface area (Å²) in [7, 11) is 1.50. The van der Waals surface area contributed by atoms with E-state index in [4.69, 9.17) is 9.47 Å². The van der Waals surface area contributed by atoms with Crippen molar-refractivity contribution in [1.82, 2.24) is 20.9 Å². The molecule has 2 unspecified atom stereocenters. The van der Waals surface area contributed by atoms with Gasteiger partial charge in [-0.1, -0.05) is 68.4 Å². The maximum Gasteiger partial charge on any atom is 0.323 e. The zero-order valence-electron chi connectivity index (χ0n) is 30.6. The number of anilines is 2. The van der Waals surface area contributed by atoms with Crippen molar-refractivity contribution in [2.24, 2.45) is 5.92 Å². The van der Waals surface area contributed by atoms with Gasteiger partial charge in [-0.2, -0.15) is 0 Å². The van der Waals surface area contributed by atoms with Crippen molar-refractivity contribution in [3.05, 3.63) is 90.0 Å². The van der Waals surface area contributed by atoms with Gasteiger partial charge in [-0.25, -0.2) is 4.79 Å². The quantitative estimate of drug-likeness (QED) is 0.120. The van der Waals surface area contributed by atoms with E-state index in [9.17, 15) is 33.9 Å². The summed E-state index contributed by atoms with van der Waals surface area (Å²) in [6.45, 7) is 5.10. The van der Waals surface area contributed by atoms with Crippen LogP contribution in [0.15, 0.2) is 78.9 Å². The normalized spacial score (nSPS) is 14.2. The minimum Gasteiger partial charge on any atom is -0.495 e. The van der Waals surface area contributed by atoms with Crippen molar-refractivity contribution in [2.75, 3.05) is 44.0 Å². The van der Waals surface area contributed by atoms with E-state index in [1.807, 2.05) is 44.2 Å². The molecule has 1 fully saturated rings. The predicted octanol–water partition coefficient (Wildman–Crippen LogP) is 2.96. The number of carboxylic acids is 1. The Bertz CT molecular complexity index is 1750. The van der Waals surface area contributed by atoms with Gasteiger partial charge in [0.2, 0.25) is 23.6 Å². The number of nitrogens with zero attached hydrogens (tertiary/aromatic N) is 1. The van der Waals surface area contributed by atoms with Crippen molar-refractivity contribution in [3.8, 4) is 5.75 Å². The van der Waals surface area contributed by atoms with Crippen LogP contribution in [0.25, 0.3) is 0 Å². The molecule has 288 valence electrons. The molecule has 6 N–H and O–H groups in total. The van der Waals surface area contributed by atoms with Crippen LogP contribution in [0.4, 0.5) is 16.2 Å². The fraction of sp³-hybridized carbons (Fsp3) is 0.385. The summed E-state index contributed by atoms with van der Waals surface area (Å²) in [5.41, 5.74) is 2.35. The van der Waals surface area contributed by atoms with Gasteiger partial charge in [-0.15, -0.1) is 0 Å². The second-order valence-corrected chi connectivity index (χ2v) is 13.3. The summed E-state index contributed by atoms with van der Waals surface area (Å²) in [5.74, 6) is -3.30. The Morgan fingerprint density at radius 3 is 2.04 bits per heavy atom. The maximum atomic E-state index is 13.6. The van der Waals surface area contributed by atoms with E-state index >= 15 is 0 Å². The first-order valence-electron chi connectivity index (χ1n) is 17.7. The molecule has 0 bridgehead atoms. The van der Waals surface area contributed by atoms with Crippen LogP contribution >= 0.6 is 0 Å². The lowest BCUT2D eigenvalue weighted by Gasteiger charge is -2.31. The lowest BCUT2D eigenvalue weighted by atomic mass is 10.0. The zero-order valence-corrected chi connectivity index (χ0v) is 30.6. The Hall–Kier alpha value is -5.96. The maximum absolute atomic E-state index is 13.6. The largest absolute Gasteiger partial charge is 0.495 e. The van der Waals surface area contributed by atoms with Crippen LogP contribution in [0.5, 0.6) is 5.75 Å². The molecule has 6 amide bonds. The molecule has 1 saturated heterocycles. The van der Waals surface area contributed by atoms with Crippen molar-refractivity contribution in [1.29, 1.82) is 0 Å². The van der Waals surface area contributed by atoms with Gasteiger partial charge in [0.1, 0.15) is 23.9 Å². The van der Waals surface area contributed by atoms with Crippen LogP contribution in [-0.4, -0.2) is 97.2 Å². The number of hydrogen-bond donors (Lipinski definition) is 6. The molecule has 3 atom stereocenters. The third-order valence-corrected chi connectivity index (χ3v) is 8.52. The SMILES string of the molecule is COc1ccccc1NC(=O)Nc1ccc(CC(=O)NC(CC(C)C)C(=O)N[C@@H](CC(=O)O)C(=O)NC(Cc2ccccc2)C(=O)N2CCOCC2)cc1. The molecule has 54 heavy (non-hydrogen) atoms. The minimum atomic E-state index is -1.53. The van der Waals surface area contributed by atoms with Gasteiger partial charge >= 0.3 is 12.0 Å². The Kier molecular flexibility index (Phi) is 15.4. The monoisotopic (exact) mass is 744 g/mol. The first-order valence-corrected chi connectivity index (χ1v) is 17.7. The van der Waals surface area contributed by atoms with Gasteiger partial charge in [-0.05, 0) is 47.7 Å². The standard InChI is InChI=1S/C39H48N6O9/c1-25(2)21-30(41-34(46)23-27-13-15-28(16-14-27)40-39(52)44-29-11-7-8-12-33(29)53-3)36(49)42-31(24-35(47)48)37(50)43-32(22-26-9-5-4-6-10-26)38(51)45-17-19-54-20-18-45/h4-16,25,30-32H,17-24H2,1-3H3,(H,41,46)(H,42,49)(H,43,50)(H,47,48)(H2,40,44,52)/t30?,31-,32?/m0/s1. The molecule has 15 heteroatoms. The number of morpholine rings is 1. The number of nitrogens with one attached hydrogen (secondary N) is 5. The van der Waals surface area contributed by atoms with Gasteiger partial charge in [0.25, 0.3) is 0 Å². The van der Waals surface area contributed by atoms with Crippen molar-refractivity contribution in [2.45, 2.75) is 57.7 Å². The summed E-state index contributed by atoms with van der Waals surface area (Å²) in [4.78, 5) is 79.9. The van der Waals surface area contributed by atoms with E-state index in [0.717, 1.165) is 5.56 Å². The van der Waals surface area contributed by atoms with Crippen LogP contribution in [0.3, 0.4) is 0 Å². The zero-order chi connectivity index (χ0) is 39.0. The van der Waals surface area contributed by atoms with Gasteiger partial charge in [-0.3, -0.25) is 24.0 Å². The molecule has 0 spiro atoms. The summed E-state index contributed by atoms with van der Waals surface area (Å²) >= 11 is 0. The van der Waals surface area contributed by atoms with E-state index < -0.39 is 54.3 Å². The van der Waals surface area contributed by atoms with Gasteiger partial charge < -0.3 is 46.1 Å². The van der Waals surface area contributed by atoms with Crippen molar-refractivity contribution in [3.63, 3.8) is 0 Å². The number of para-hydroxylation sites is 2. The lowest BCUT2D eigenvalue weighted by Crippen LogP contribution is -2.58. The Balaban J connectivity index is 1.39. The molecule has 1 heterocycles. The molecule has 15 nitrogen and oxygen atoms in total. The number of methoxy groups -OCH3 is 1. The topological polar surface area (TPSA) is 204 Å². The molecule has 3 aromatic rings. The first-order chi connectivity index (χ1) is 25.9. The van der Waals surface area contributed by atoms with E-state index in [1.54, 1.807) is 53.4 Å². The fourth-order valence-corrected chi connectivity index (χ4v) is 5.85. The number of carbonyl (C=O) groups excluding carboxylic acids is 5. The predicted molar refractivity (Wildman–Crippen MR) is 201 cm³/mol. The number of benzene rings is 3. The highest BCUT2D eigenvalue weighted by Gasteiger charge is 2.33. The third kappa shape index (κ3) is 12.9. The van der Waals surface area contributed by atoms with Crippen LogP contribution < -0.4 is 31.3 Å². The molecule has 0 saturated carbocycles. The fourth-order valence-electron chi connectivity index (χ4n) is 5.85. The van der Waals surface area contributed by atoms with Crippen LogP contribution in [0.2, 0.25) is 0 Å². The number of ether oxygens (including phenoxy) is 2. The number of rotatable bonds is 17. The number of urea groups is 1. The van der Waals surface area contributed by atoms with Crippen molar-refractivity contribution >= 4 is 47.0 Å². The summed E-state index contributed by atoms with van der Waals surface area (Å²) in [6.07, 6.45) is -0.495. The molecule has 1 aliphatic rings. The highest BCUT2D eigenvalue weighted by Crippen LogP contribution is 2.23. The molecular formula is C39H48N6O9. The molecular weight excluding hydrogens is 696 g/mol. The number of carboxylic acid groups (broad SMARTS) is 1. The number of aliphatic carboxylic acids is 1. The summed E-state index contributed by atoms with van der Waals surface area (Å²) in [6, 6.07) is 18.5. The average Bonchev–Trinajstić information content (AvgIpc) is 3.15. The van der Waals surface area contributed by atoms with E-state index in [-0.39, 0.29) is 31.1 Å². The molecule has 3 aromatic carbocycles. The number of carbonyl (C=O) groups is 6. The molecule has 1 aliphatic heterocycles. The molecule has 4 rings (SSSR count). The smallest absolute Gasteiger partial charge is 0.323 e. The van der Waals surface area contributed by atoms with Crippen molar-refractivity contribution < 1.29 is 43.3 Å². The highest BCUT2D eigenvalue weighted by molar-refractivity contribution is 6.01. The van der Waals surface area contributed by atoms with Gasteiger partial charge in [0.05, 0.1) is 38.9 Å². The Labute approximate surface area is 314 Å². The van der Waals surface area contributed by atoms with Crippen LogP contribution in [-0.2, 0) is 41.6 Å². The minimum absolute atomic E-state index is 0.0541. The van der Waals surface area contributed by atoms with Gasteiger partial charge in [0.15, 0.2) is 0 Å². The van der Waals surface area contributed by atoms with Crippen LogP contribution in [0, 0.1) is 5.92 Å². The summed E-state index contributed by atoms with van der Waals surface area (Å²) in [5, 5.41) is 23.0. The Morgan fingerprint density at radius 2 is 1.39 bits per heavy atom.